The number of ketones is 1. The number of benzene rings is 1. The maximum absolute atomic E-state index is 12.0. The zero-order chi connectivity index (χ0) is 15.4. The Morgan fingerprint density at radius 3 is 2.77 bits per heavy atom. The van der Waals surface area contributed by atoms with Crippen molar-refractivity contribution in [2.45, 2.75) is 37.7 Å². The molecular formula is C18H23NO3. The van der Waals surface area contributed by atoms with Crippen molar-refractivity contribution in [2.75, 3.05) is 20.3 Å². The van der Waals surface area contributed by atoms with Gasteiger partial charge in [0, 0.05) is 31.3 Å². The van der Waals surface area contributed by atoms with E-state index in [-0.39, 0.29) is 17.8 Å². The van der Waals surface area contributed by atoms with Crippen molar-refractivity contribution in [3.8, 4) is 5.75 Å². The van der Waals surface area contributed by atoms with Crippen LogP contribution in [0.2, 0.25) is 0 Å². The second-order valence-electron chi connectivity index (χ2n) is 6.03. The first-order valence-electron chi connectivity index (χ1n) is 7.97. The van der Waals surface area contributed by atoms with E-state index in [2.05, 4.69) is 17.4 Å². The Hall–Kier alpha value is -1.81. The van der Waals surface area contributed by atoms with E-state index < -0.39 is 0 Å². The molecule has 1 aromatic carbocycles. The van der Waals surface area contributed by atoms with Crippen LogP contribution in [-0.2, 0) is 9.53 Å². The maximum atomic E-state index is 12.0. The first-order valence-corrected chi connectivity index (χ1v) is 7.97. The van der Waals surface area contributed by atoms with E-state index in [4.69, 9.17) is 9.47 Å². The van der Waals surface area contributed by atoms with E-state index >= 15 is 0 Å². The van der Waals surface area contributed by atoms with E-state index in [1.54, 1.807) is 13.2 Å². The van der Waals surface area contributed by atoms with Crippen molar-refractivity contribution >= 4 is 5.78 Å². The standard InChI is InChI=1S/C18H23NO3/c1-21-17-6-4-13(5-7-17)14-9-15(11-16(20)10-14)19-12-18-3-2-8-22-18/h4-7,11,14,18-19H,2-3,8-10,12H2,1H3/t14-,18-/m1/s1. The van der Waals surface area contributed by atoms with Crippen LogP contribution in [0.3, 0.4) is 0 Å². The van der Waals surface area contributed by atoms with Gasteiger partial charge in [-0.3, -0.25) is 4.79 Å². The predicted octanol–water partition coefficient (Wildman–Crippen LogP) is 2.79. The predicted molar refractivity (Wildman–Crippen MR) is 85.0 cm³/mol. The average Bonchev–Trinajstić information content (AvgIpc) is 3.06. The van der Waals surface area contributed by atoms with E-state index in [0.717, 1.165) is 43.9 Å². The molecule has 0 bridgehead atoms. The van der Waals surface area contributed by atoms with Gasteiger partial charge in [-0.2, -0.15) is 0 Å². The number of carbonyl (C=O) groups excluding carboxylic acids is 1. The van der Waals surface area contributed by atoms with Gasteiger partial charge in [0.2, 0.25) is 0 Å². The van der Waals surface area contributed by atoms with Crippen LogP contribution in [0.4, 0.5) is 0 Å². The molecule has 2 aliphatic rings. The molecule has 118 valence electrons. The van der Waals surface area contributed by atoms with Gasteiger partial charge >= 0.3 is 0 Å². The number of allylic oxidation sites excluding steroid dienone is 2. The molecular weight excluding hydrogens is 278 g/mol. The molecule has 1 fully saturated rings. The summed E-state index contributed by atoms with van der Waals surface area (Å²) in [7, 11) is 1.66. The average molecular weight is 301 g/mol. The van der Waals surface area contributed by atoms with Gasteiger partial charge in [-0.05, 0) is 42.9 Å². The maximum Gasteiger partial charge on any atom is 0.158 e. The molecule has 4 nitrogen and oxygen atoms in total. The minimum absolute atomic E-state index is 0.196. The summed E-state index contributed by atoms with van der Waals surface area (Å²) in [6.45, 7) is 1.66. The molecule has 1 aliphatic carbocycles. The van der Waals surface area contributed by atoms with Crippen LogP contribution in [0.25, 0.3) is 0 Å². The third-order valence-corrected chi connectivity index (χ3v) is 4.42. The summed E-state index contributed by atoms with van der Waals surface area (Å²) < 4.78 is 10.8. The monoisotopic (exact) mass is 301 g/mol. The summed E-state index contributed by atoms with van der Waals surface area (Å²) in [5, 5.41) is 3.41. The molecule has 1 N–H and O–H groups in total. The zero-order valence-electron chi connectivity index (χ0n) is 13.0. The van der Waals surface area contributed by atoms with Gasteiger partial charge in [-0.15, -0.1) is 0 Å². The first-order chi connectivity index (χ1) is 10.7. The van der Waals surface area contributed by atoms with Gasteiger partial charge in [0.15, 0.2) is 5.78 Å². The minimum atomic E-state index is 0.196. The molecule has 3 rings (SSSR count). The Bertz CT molecular complexity index is 544. The summed E-state index contributed by atoms with van der Waals surface area (Å²) in [6.07, 6.45) is 5.75. The molecule has 22 heavy (non-hydrogen) atoms. The van der Waals surface area contributed by atoms with Crippen molar-refractivity contribution in [1.82, 2.24) is 5.32 Å². The van der Waals surface area contributed by atoms with Gasteiger partial charge in [0.25, 0.3) is 0 Å². The number of methoxy groups -OCH3 is 1. The molecule has 0 aromatic heterocycles. The van der Waals surface area contributed by atoms with Gasteiger partial charge in [0.1, 0.15) is 5.75 Å². The number of nitrogens with one attached hydrogen (secondary N) is 1. The minimum Gasteiger partial charge on any atom is -0.497 e. The van der Waals surface area contributed by atoms with E-state index in [0.29, 0.717) is 6.42 Å². The summed E-state index contributed by atoms with van der Waals surface area (Å²) in [5.74, 6) is 1.29. The molecule has 1 heterocycles. The molecule has 0 radical (unpaired) electrons. The molecule has 0 spiro atoms. The fourth-order valence-electron chi connectivity index (χ4n) is 3.18. The molecule has 1 saturated heterocycles. The van der Waals surface area contributed by atoms with Crippen LogP contribution >= 0.6 is 0 Å². The molecule has 0 unspecified atom stereocenters. The van der Waals surface area contributed by atoms with Crippen molar-refractivity contribution in [3.05, 3.63) is 41.6 Å². The third kappa shape index (κ3) is 3.69. The van der Waals surface area contributed by atoms with Crippen molar-refractivity contribution in [3.63, 3.8) is 0 Å². The molecule has 2 atom stereocenters. The lowest BCUT2D eigenvalue weighted by Gasteiger charge is -2.24. The van der Waals surface area contributed by atoms with Crippen LogP contribution < -0.4 is 10.1 Å². The van der Waals surface area contributed by atoms with Gasteiger partial charge in [-0.25, -0.2) is 0 Å². The van der Waals surface area contributed by atoms with E-state index in [1.807, 2.05) is 12.1 Å². The Morgan fingerprint density at radius 2 is 2.09 bits per heavy atom. The van der Waals surface area contributed by atoms with Crippen molar-refractivity contribution in [1.29, 1.82) is 0 Å². The Kier molecular flexibility index (Phi) is 4.78. The highest BCUT2D eigenvalue weighted by atomic mass is 16.5. The molecule has 1 aromatic rings. The smallest absolute Gasteiger partial charge is 0.158 e. The third-order valence-electron chi connectivity index (χ3n) is 4.42. The van der Waals surface area contributed by atoms with Gasteiger partial charge < -0.3 is 14.8 Å². The molecule has 4 heteroatoms. The highest BCUT2D eigenvalue weighted by Crippen LogP contribution is 2.31. The second kappa shape index (κ2) is 6.97. The number of ether oxygens (including phenoxy) is 2. The lowest BCUT2D eigenvalue weighted by molar-refractivity contribution is -0.115. The molecule has 1 aliphatic heterocycles. The molecule has 0 amide bonds. The number of hydrogen-bond donors (Lipinski definition) is 1. The summed E-state index contributed by atoms with van der Waals surface area (Å²) in [5.41, 5.74) is 2.23. The van der Waals surface area contributed by atoms with Crippen LogP contribution in [0.15, 0.2) is 36.0 Å². The van der Waals surface area contributed by atoms with E-state index in [1.165, 1.54) is 5.56 Å². The Morgan fingerprint density at radius 1 is 1.27 bits per heavy atom. The van der Waals surface area contributed by atoms with Crippen LogP contribution in [-0.4, -0.2) is 32.1 Å². The fourth-order valence-corrected chi connectivity index (χ4v) is 3.18. The quantitative estimate of drug-likeness (QED) is 0.908. The Balaban J connectivity index is 1.62. The highest BCUT2D eigenvalue weighted by molar-refractivity contribution is 5.91. The summed E-state index contributed by atoms with van der Waals surface area (Å²) in [6, 6.07) is 8.02. The van der Waals surface area contributed by atoms with Crippen LogP contribution in [0.5, 0.6) is 5.75 Å². The summed E-state index contributed by atoms with van der Waals surface area (Å²) >= 11 is 0. The fraction of sp³-hybridized carbons (Fsp3) is 0.500. The SMILES string of the molecule is COc1ccc([C@H]2CC(=O)C=C(NC[C@H]3CCCO3)C2)cc1. The van der Waals surface area contributed by atoms with Crippen LogP contribution in [0, 0.1) is 0 Å². The topological polar surface area (TPSA) is 47.6 Å². The zero-order valence-corrected chi connectivity index (χ0v) is 13.0. The van der Waals surface area contributed by atoms with Crippen molar-refractivity contribution < 1.29 is 14.3 Å². The van der Waals surface area contributed by atoms with Gasteiger partial charge in [-0.1, -0.05) is 12.1 Å². The van der Waals surface area contributed by atoms with E-state index in [9.17, 15) is 4.79 Å². The number of carbonyl (C=O) groups is 1. The lowest BCUT2D eigenvalue weighted by atomic mass is 9.85. The second-order valence-corrected chi connectivity index (χ2v) is 6.03. The van der Waals surface area contributed by atoms with Crippen molar-refractivity contribution in [2.24, 2.45) is 0 Å². The first kappa shape index (κ1) is 15.1. The normalized spacial score (nSPS) is 25.0. The summed E-state index contributed by atoms with van der Waals surface area (Å²) in [4.78, 5) is 12.0. The Labute approximate surface area is 131 Å². The number of rotatable bonds is 5. The largest absolute Gasteiger partial charge is 0.497 e. The lowest BCUT2D eigenvalue weighted by Crippen LogP contribution is -2.29. The van der Waals surface area contributed by atoms with Gasteiger partial charge in [0.05, 0.1) is 13.2 Å². The van der Waals surface area contributed by atoms with Crippen LogP contribution in [0.1, 0.15) is 37.2 Å². The number of hydrogen-bond acceptors (Lipinski definition) is 4. The molecule has 0 saturated carbocycles. The highest BCUT2D eigenvalue weighted by Gasteiger charge is 2.23.